The maximum Gasteiger partial charge on any atom is 0.272 e. The van der Waals surface area contributed by atoms with Crippen molar-refractivity contribution in [2.45, 2.75) is 6.92 Å². The van der Waals surface area contributed by atoms with Gasteiger partial charge in [0, 0.05) is 23.1 Å². The lowest BCUT2D eigenvalue weighted by Gasteiger charge is -2.12. The number of benzene rings is 1. The van der Waals surface area contributed by atoms with E-state index in [1.807, 2.05) is 18.2 Å². The maximum atomic E-state index is 12.5. The van der Waals surface area contributed by atoms with Gasteiger partial charge in [0.1, 0.15) is 5.92 Å². The maximum absolute atomic E-state index is 12.5. The molecule has 0 saturated heterocycles. The number of halogens is 1. The number of aromatic nitrogens is 1. The minimum absolute atomic E-state index is 0.217. The van der Waals surface area contributed by atoms with Crippen LogP contribution in [0, 0.1) is 5.92 Å². The molecule has 8 heteroatoms. The molecule has 126 valence electrons. The lowest BCUT2D eigenvalue weighted by atomic mass is 10.1. The van der Waals surface area contributed by atoms with Crippen LogP contribution in [0.1, 0.15) is 17.3 Å². The smallest absolute Gasteiger partial charge is 0.271 e. The third-order valence-electron chi connectivity index (χ3n) is 3.54. The van der Waals surface area contributed by atoms with Crippen molar-refractivity contribution in [2.24, 2.45) is 16.1 Å². The Morgan fingerprint density at radius 1 is 1.32 bits per heavy atom. The topological polar surface area (TPSA) is 87.0 Å². The SMILES string of the molecule is CC1=NN(c2ccccc2)C(=O)C1/C=N/NC(=O)c1cncc(Br)c1. The summed E-state index contributed by atoms with van der Waals surface area (Å²) in [5.41, 5.74) is 4.05. The molecule has 1 atom stereocenters. The third-order valence-corrected chi connectivity index (χ3v) is 3.97. The summed E-state index contributed by atoms with van der Waals surface area (Å²) < 4.78 is 0.691. The number of nitrogens with one attached hydrogen (secondary N) is 1. The number of carbonyl (C=O) groups excluding carboxylic acids is 2. The molecule has 0 spiro atoms. The Balaban J connectivity index is 1.67. The van der Waals surface area contributed by atoms with Gasteiger partial charge in [-0.2, -0.15) is 15.2 Å². The number of rotatable bonds is 4. The molecule has 1 unspecified atom stereocenters. The van der Waals surface area contributed by atoms with Gasteiger partial charge < -0.3 is 0 Å². The molecule has 0 radical (unpaired) electrons. The molecule has 1 aliphatic rings. The van der Waals surface area contributed by atoms with Crippen molar-refractivity contribution in [1.82, 2.24) is 10.4 Å². The van der Waals surface area contributed by atoms with E-state index >= 15 is 0 Å². The van der Waals surface area contributed by atoms with Crippen LogP contribution < -0.4 is 10.4 Å². The zero-order valence-electron chi connectivity index (χ0n) is 13.3. The van der Waals surface area contributed by atoms with Gasteiger partial charge in [-0.1, -0.05) is 18.2 Å². The van der Waals surface area contributed by atoms with Crippen LogP contribution in [0.5, 0.6) is 0 Å². The Kier molecular flexibility index (Phi) is 4.99. The van der Waals surface area contributed by atoms with Gasteiger partial charge in [0.05, 0.1) is 17.0 Å². The Bertz CT molecular complexity index is 866. The van der Waals surface area contributed by atoms with Crippen molar-refractivity contribution in [1.29, 1.82) is 0 Å². The Labute approximate surface area is 152 Å². The summed E-state index contributed by atoms with van der Waals surface area (Å²) in [5, 5.41) is 9.50. The largest absolute Gasteiger partial charge is 0.272 e. The molecule has 2 aromatic rings. The van der Waals surface area contributed by atoms with Crippen LogP contribution in [0.25, 0.3) is 0 Å². The van der Waals surface area contributed by atoms with Gasteiger partial charge in [-0.3, -0.25) is 14.6 Å². The molecule has 25 heavy (non-hydrogen) atoms. The van der Waals surface area contributed by atoms with Gasteiger partial charge in [-0.05, 0) is 41.1 Å². The van der Waals surface area contributed by atoms with Gasteiger partial charge in [-0.15, -0.1) is 0 Å². The number of carbonyl (C=O) groups is 2. The molecule has 0 bridgehead atoms. The van der Waals surface area contributed by atoms with E-state index in [9.17, 15) is 9.59 Å². The quantitative estimate of drug-likeness (QED) is 0.632. The molecule has 7 nitrogen and oxygen atoms in total. The van der Waals surface area contributed by atoms with E-state index in [0.29, 0.717) is 21.4 Å². The summed E-state index contributed by atoms with van der Waals surface area (Å²) in [6.45, 7) is 1.75. The van der Waals surface area contributed by atoms with Gasteiger partial charge in [0.25, 0.3) is 11.8 Å². The van der Waals surface area contributed by atoms with Gasteiger partial charge in [0.2, 0.25) is 0 Å². The van der Waals surface area contributed by atoms with Gasteiger partial charge >= 0.3 is 0 Å². The second kappa shape index (κ2) is 7.35. The van der Waals surface area contributed by atoms with Crippen LogP contribution in [0.15, 0.2) is 63.5 Å². The van der Waals surface area contributed by atoms with Crippen molar-refractivity contribution in [2.75, 3.05) is 5.01 Å². The number of anilines is 1. The highest BCUT2D eigenvalue weighted by atomic mass is 79.9. The van der Waals surface area contributed by atoms with Gasteiger partial charge in [-0.25, -0.2) is 5.43 Å². The van der Waals surface area contributed by atoms with Crippen LogP contribution in [0.3, 0.4) is 0 Å². The first-order chi connectivity index (χ1) is 12.1. The summed E-state index contributed by atoms with van der Waals surface area (Å²) in [6, 6.07) is 10.8. The minimum Gasteiger partial charge on any atom is -0.271 e. The van der Waals surface area contributed by atoms with Gasteiger partial charge in [0.15, 0.2) is 0 Å². The molecule has 1 aliphatic heterocycles. The lowest BCUT2D eigenvalue weighted by molar-refractivity contribution is -0.118. The predicted molar refractivity (Wildman–Crippen MR) is 98.4 cm³/mol. The summed E-state index contributed by atoms with van der Waals surface area (Å²) in [4.78, 5) is 28.4. The van der Waals surface area contributed by atoms with Crippen molar-refractivity contribution in [3.05, 3.63) is 58.8 Å². The molecular weight excluding hydrogens is 386 g/mol. The van der Waals surface area contributed by atoms with E-state index in [1.165, 1.54) is 17.4 Å². The van der Waals surface area contributed by atoms with Crippen molar-refractivity contribution in [3.8, 4) is 0 Å². The van der Waals surface area contributed by atoms with E-state index in [4.69, 9.17) is 0 Å². The summed E-state index contributed by atoms with van der Waals surface area (Å²) >= 11 is 3.25. The van der Waals surface area contributed by atoms with Crippen molar-refractivity contribution < 1.29 is 9.59 Å². The molecule has 3 rings (SSSR count). The number of hydrogen-bond acceptors (Lipinski definition) is 5. The van der Waals surface area contributed by atoms with Crippen LogP contribution in [0.2, 0.25) is 0 Å². The highest BCUT2D eigenvalue weighted by Crippen LogP contribution is 2.22. The molecule has 1 aromatic carbocycles. The number of nitrogens with zero attached hydrogens (tertiary/aromatic N) is 4. The molecule has 0 saturated carbocycles. The number of hydrazone groups is 2. The van der Waals surface area contributed by atoms with E-state index in [0.717, 1.165) is 0 Å². The Morgan fingerprint density at radius 3 is 2.80 bits per heavy atom. The fourth-order valence-electron chi connectivity index (χ4n) is 2.28. The minimum atomic E-state index is -0.610. The molecule has 1 aromatic heterocycles. The first kappa shape index (κ1) is 17.0. The van der Waals surface area contributed by atoms with E-state index in [1.54, 1.807) is 31.3 Å². The zero-order chi connectivity index (χ0) is 17.8. The lowest BCUT2D eigenvalue weighted by Crippen LogP contribution is -2.29. The van der Waals surface area contributed by atoms with Crippen LogP contribution in [-0.4, -0.2) is 28.7 Å². The second-order valence-electron chi connectivity index (χ2n) is 5.32. The fourth-order valence-corrected chi connectivity index (χ4v) is 2.64. The summed E-state index contributed by atoms with van der Waals surface area (Å²) in [6.07, 6.45) is 4.39. The number of pyridine rings is 1. The van der Waals surface area contributed by atoms with E-state index < -0.39 is 11.8 Å². The highest BCUT2D eigenvalue weighted by Gasteiger charge is 2.33. The average Bonchev–Trinajstić information content (AvgIpc) is 2.90. The normalized spacial score (nSPS) is 17.0. The highest BCUT2D eigenvalue weighted by molar-refractivity contribution is 9.10. The Morgan fingerprint density at radius 2 is 2.08 bits per heavy atom. The number of amides is 2. The fraction of sp³-hybridized carbons (Fsp3) is 0.118. The predicted octanol–water partition coefficient (Wildman–Crippen LogP) is 2.60. The standard InChI is InChI=1S/C17H14BrN5O2/c1-11-15(17(25)23(22-11)14-5-3-2-4-6-14)10-20-21-16(24)12-7-13(18)9-19-8-12/h2-10,15H,1H3,(H,21,24)/b20-10+. The molecule has 2 heterocycles. The van der Waals surface area contributed by atoms with Crippen molar-refractivity contribution >= 4 is 45.4 Å². The second-order valence-corrected chi connectivity index (χ2v) is 6.23. The molecular formula is C17H14BrN5O2. The Hall–Kier alpha value is -2.87. The van der Waals surface area contributed by atoms with Crippen LogP contribution in [-0.2, 0) is 4.79 Å². The summed E-state index contributed by atoms with van der Waals surface area (Å²) in [5.74, 6) is -1.24. The van der Waals surface area contributed by atoms with E-state index in [-0.39, 0.29) is 5.91 Å². The zero-order valence-corrected chi connectivity index (χ0v) is 14.8. The molecule has 1 N–H and O–H groups in total. The number of hydrogen-bond donors (Lipinski definition) is 1. The van der Waals surface area contributed by atoms with Crippen molar-refractivity contribution in [3.63, 3.8) is 0 Å². The molecule has 0 fully saturated rings. The number of para-hydroxylation sites is 1. The monoisotopic (exact) mass is 399 g/mol. The van der Waals surface area contributed by atoms with Crippen LogP contribution >= 0.6 is 15.9 Å². The average molecular weight is 400 g/mol. The molecule has 0 aliphatic carbocycles. The molecule has 2 amide bonds. The van der Waals surface area contributed by atoms with E-state index in [2.05, 4.69) is 36.5 Å². The first-order valence-electron chi connectivity index (χ1n) is 7.44. The van der Waals surface area contributed by atoms with Crippen LogP contribution in [0.4, 0.5) is 5.69 Å². The summed E-state index contributed by atoms with van der Waals surface area (Å²) in [7, 11) is 0. The third kappa shape index (κ3) is 3.80. The first-order valence-corrected chi connectivity index (χ1v) is 8.24.